The quantitative estimate of drug-likeness (QED) is 0.463. The Labute approximate surface area is 106 Å². The first kappa shape index (κ1) is 12.0. The maximum Gasteiger partial charge on any atom is 0.190 e. The van der Waals surface area contributed by atoms with Crippen LogP contribution in [0, 0.1) is 5.92 Å². The molecule has 0 unspecified atom stereocenters. The number of thioether (sulfide) groups is 1. The molecule has 88 valence electrons. The highest BCUT2D eigenvalue weighted by Gasteiger charge is 2.17. The van der Waals surface area contributed by atoms with Crippen LogP contribution in [0.5, 0.6) is 0 Å². The van der Waals surface area contributed by atoms with Gasteiger partial charge in [0, 0.05) is 19.2 Å². The predicted octanol–water partition coefficient (Wildman–Crippen LogP) is 3.09. The largest absolute Gasteiger partial charge is 0.356 e. The van der Waals surface area contributed by atoms with Gasteiger partial charge in [0.05, 0.1) is 0 Å². The van der Waals surface area contributed by atoms with Crippen molar-refractivity contribution in [1.29, 1.82) is 0 Å². The average molecular weight is 258 g/mol. The Kier molecular flexibility index (Phi) is 3.92. The molecule has 0 aromatic carbocycles. The lowest BCUT2D eigenvalue weighted by Crippen LogP contribution is -2.33. The fraction of sp³-hybridized carbons (Fsp3) is 0.636. The van der Waals surface area contributed by atoms with Crippen LogP contribution in [0.2, 0.25) is 5.15 Å². The minimum atomic E-state index is 0.535. The molecular formula is C11H16ClN3S. The van der Waals surface area contributed by atoms with Crippen LogP contribution in [0.4, 0.5) is 5.82 Å². The van der Waals surface area contributed by atoms with Crippen molar-refractivity contribution in [2.24, 2.45) is 5.92 Å². The van der Waals surface area contributed by atoms with Gasteiger partial charge in [-0.3, -0.25) is 0 Å². The molecule has 16 heavy (non-hydrogen) atoms. The highest BCUT2D eigenvalue weighted by atomic mass is 35.5. The number of aromatic nitrogens is 2. The van der Waals surface area contributed by atoms with E-state index in [-0.39, 0.29) is 0 Å². The predicted molar refractivity (Wildman–Crippen MR) is 69.4 cm³/mol. The van der Waals surface area contributed by atoms with Gasteiger partial charge in [0.2, 0.25) is 0 Å². The molecule has 0 N–H and O–H groups in total. The minimum Gasteiger partial charge on any atom is -0.356 e. The Balaban J connectivity index is 2.16. The number of hydrogen-bond donors (Lipinski definition) is 0. The molecule has 0 atom stereocenters. The third-order valence-corrected chi connectivity index (χ3v) is 3.69. The van der Waals surface area contributed by atoms with E-state index in [1.165, 1.54) is 24.6 Å². The van der Waals surface area contributed by atoms with E-state index in [1.54, 1.807) is 0 Å². The van der Waals surface area contributed by atoms with Crippen LogP contribution < -0.4 is 4.90 Å². The minimum absolute atomic E-state index is 0.535. The van der Waals surface area contributed by atoms with Crippen molar-refractivity contribution in [1.82, 2.24) is 9.97 Å². The lowest BCUT2D eigenvalue weighted by Gasteiger charge is -2.31. The Morgan fingerprint density at radius 3 is 2.69 bits per heavy atom. The summed E-state index contributed by atoms with van der Waals surface area (Å²) in [5.41, 5.74) is 0. The van der Waals surface area contributed by atoms with Crippen LogP contribution in [-0.2, 0) is 0 Å². The van der Waals surface area contributed by atoms with Crippen molar-refractivity contribution in [2.45, 2.75) is 24.9 Å². The molecule has 0 bridgehead atoms. The van der Waals surface area contributed by atoms with E-state index in [2.05, 4.69) is 21.8 Å². The fourth-order valence-electron chi connectivity index (χ4n) is 1.88. The van der Waals surface area contributed by atoms with Gasteiger partial charge in [0.15, 0.2) is 5.16 Å². The first-order chi connectivity index (χ1) is 7.69. The fourth-order valence-corrected chi connectivity index (χ4v) is 2.48. The van der Waals surface area contributed by atoms with E-state index in [0.29, 0.717) is 5.15 Å². The van der Waals surface area contributed by atoms with Gasteiger partial charge in [-0.25, -0.2) is 9.97 Å². The molecule has 3 nitrogen and oxygen atoms in total. The molecule has 0 spiro atoms. The summed E-state index contributed by atoms with van der Waals surface area (Å²) in [5.74, 6) is 1.80. The zero-order valence-corrected chi connectivity index (χ0v) is 11.2. The van der Waals surface area contributed by atoms with Gasteiger partial charge in [-0.05, 0) is 25.0 Å². The second-order valence-electron chi connectivity index (χ2n) is 4.21. The summed E-state index contributed by atoms with van der Waals surface area (Å²) < 4.78 is 0. The van der Waals surface area contributed by atoms with Crippen LogP contribution in [0.3, 0.4) is 0 Å². The van der Waals surface area contributed by atoms with Crippen molar-refractivity contribution >= 4 is 29.2 Å². The Bertz CT molecular complexity index is 364. The molecule has 1 aromatic rings. The van der Waals surface area contributed by atoms with E-state index in [9.17, 15) is 0 Å². The first-order valence-electron chi connectivity index (χ1n) is 5.52. The van der Waals surface area contributed by atoms with Gasteiger partial charge in [0.1, 0.15) is 11.0 Å². The van der Waals surface area contributed by atoms with Crippen LogP contribution in [0.1, 0.15) is 19.8 Å². The Morgan fingerprint density at radius 2 is 2.06 bits per heavy atom. The second kappa shape index (κ2) is 5.23. The van der Waals surface area contributed by atoms with Gasteiger partial charge in [-0.2, -0.15) is 0 Å². The summed E-state index contributed by atoms with van der Waals surface area (Å²) in [4.78, 5) is 10.9. The van der Waals surface area contributed by atoms with E-state index in [1.807, 2.05) is 12.3 Å². The van der Waals surface area contributed by atoms with Crippen molar-refractivity contribution in [3.05, 3.63) is 11.2 Å². The normalized spacial score (nSPS) is 17.8. The third kappa shape index (κ3) is 2.80. The zero-order valence-electron chi connectivity index (χ0n) is 9.61. The smallest absolute Gasteiger partial charge is 0.190 e. The van der Waals surface area contributed by atoms with Crippen molar-refractivity contribution in [3.8, 4) is 0 Å². The Hall–Kier alpha value is -0.480. The highest BCUT2D eigenvalue weighted by molar-refractivity contribution is 7.98. The zero-order chi connectivity index (χ0) is 11.5. The van der Waals surface area contributed by atoms with Crippen molar-refractivity contribution < 1.29 is 0 Å². The van der Waals surface area contributed by atoms with Gasteiger partial charge in [0.25, 0.3) is 0 Å². The monoisotopic (exact) mass is 257 g/mol. The molecule has 0 aliphatic carbocycles. The van der Waals surface area contributed by atoms with E-state index in [4.69, 9.17) is 11.6 Å². The molecule has 1 fully saturated rings. The summed E-state index contributed by atoms with van der Waals surface area (Å²) in [5, 5.41) is 1.29. The lowest BCUT2D eigenvalue weighted by atomic mass is 9.99. The molecule has 0 saturated carbocycles. The molecule has 1 aliphatic rings. The summed E-state index contributed by atoms with van der Waals surface area (Å²) in [6.07, 6.45) is 4.43. The molecule has 1 aliphatic heterocycles. The number of halogens is 1. The van der Waals surface area contributed by atoms with Gasteiger partial charge >= 0.3 is 0 Å². The number of anilines is 1. The SMILES string of the molecule is CSc1nc(Cl)cc(N2CCC(C)CC2)n1. The topological polar surface area (TPSA) is 29.0 Å². The molecule has 1 saturated heterocycles. The van der Waals surface area contributed by atoms with Crippen LogP contribution >= 0.6 is 23.4 Å². The number of nitrogens with zero attached hydrogens (tertiary/aromatic N) is 3. The summed E-state index contributed by atoms with van der Waals surface area (Å²) in [7, 11) is 0. The average Bonchev–Trinajstić information content (AvgIpc) is 2.29. The molecule has 2 heterocycles. The van der Waals surface area contributed by atoms with Crippen molar-refractivity contribution in [2.75, 3.05) is 24.2 Å². The van der Waals surface area contributed by atoms with Crippen molar-refractivity contribution in [3.63, 3.8) is 0 Å². The summed E-state index contributed by atoms with van der Waals surface area (Å²) in [6, 6.07) is 1.86. The number of hydrogen-bond acceptors (Lipinski definition) is 4. The molecule has 2 rings (SSSR count). The van der Waals surface area contributed by atoms with E-state index < -0.39 is 0 Å². The maximum absolute atomic E-state index is 5.99. The molecular weight excluding hydrogens is 242 g/mol. The highest BCUT2D eigenvalue weighted by Crippen LogP contribution is 2.24. The van der Waals surface area contributed by atoms with Gasteiger partial charge in [-0.1, -0.05) is 30.3 Å². The van der Waals surface area contributed by atoms with E-state index in [0.717, 1.165) is 30.0 Å². The van der Waals surface area contributed by atoms with E-state index >= 15 is 0 Å². The summed E-state index contributed by atoms with van der Waals surface area (Å²) in [6.45, 7) is 4.45. The maximum atomic E-state index is 5.99. The number of rotatable bonds is 2. The Morgan fingerprint density at radius 1 is 1.38 bits per heavy atom. The second-order valence-corrected chi connectivity index (χ2v) is 5.37. The molecule has 0 amide bonds. The third-order valence-electron chi connectivity index (χ3n) is 2.95. The first-order valence-corrected chi connectivity index (χ1v) is 7.13. The van der Waals surface area contributed by atoms with Crippen LogP contribution in [0.15, 0.2) is 11.2 Å². The molecule has 1 aromatic heterocycles. The number of piperidine rings is 1. The summed E-state index contributed by atoms with van der Waals surface area (Å²) >= 11 is 7.51. The lowest BCUT2D eigenvalue weighted by molar-refractivity contribution is 0.436. The van der Waals surface area contributed by atoms with Gasteiger partial charge < -0.3 is 4.90 Å². The molecule has 5 heteroatoms. The standard InChI is InChI=1S/C11H16ClN3S/c1-8-3-5-15(6-4-8)10-7-9(12)13-11(14-10)16-2/h7-8H,3-6H2,1-2H3. The van der Waals surface area contributed by atoms with Crippen LogP contribution in [-0.4, -0.2) is 29.3 Å². The molecule has 0 radical (unpaired) electrons. The van der Waals surface area contributed by atoms with Gasteiger partial charge in [-0.15, -0.1) is 0 Å². The van der Waals surface area contributed by atoms with Crippen LogP contribution in [0.25, 0.3) is 0 Å².